The van der Waals surface area contributed by atoms with E-state index in [2.05, 4.69) is 10.00 Å². The third-order valence-electron chi connectivity index (χ3n) is 6.81. The zero-order valence-electron chi connectivity index (χ0n) is 20.8. The molecule has 0 saturated carbocycles. The molecule has 5 rings (SSSR count). The number of rotatable bonds is 5. The highest BCUT2D eigenvalue weighted by atomic mass is 19.4. The highest BCUT2D eigenvalue weighted by Crippen LogP contribution is 2.30. The van der Waals surface area contributed by atoms with Crippen molar-refractivity contribution < 1.29 is 18.0 Å². The van der Waals surface area contributed by atoms with E-state index < -0.39 is 11.7 Å². The van der Waals surface area contributed by atoms with Crippen LogP contribution in [0.5, 0.6) is 0 Å². The molecule has 1 amide bonds. The predicted molar refractivity (Wildman–Crippen MR) is 136 cm³/mol. The summed E-state index contributed by atoms with van der Waals surface area (Å²) in [7, 11) is 0. The topological polar surface area (TPSA) is 54.3 Å². The number of pyridine rings is 1. The van der Waals surface area contributed by atoms with E-state index in [0.717, 1.165) is 34.8 Å². The van der Waals surface area contributed by atoms with E-state index in [1.807, 2.05) is 60.0 Å². The van der Waals surface area contributed by atoms with E-state index in [9.17, 15) is 18.0 Å². The predicted octanol–water partition coefficient (Wildman–Crippen LogP) is 5.40. The Labute approximate surface area is 213 Å². The number of nitrogens with zero attached hydrogens (tertiary/aromatic N) is 5. The van der Waals surface area contributed by atoms with Gasteiger partial charge >= 0.3 is 6.18 Å². The molecule has 0 N–H and O–H groups in total. The quantitative estimate of drug-likeness (QED) is 0.363. The molecule has 0 atom stereocenters. The van der Waals surface area contributed by atoms with Crippen molar-refractivity contribution in [1.82, 2.24) is 24.6 Å². The molecule has 1 fully saturated rings. The largest absolute Gasteiger partial charge is 0.416 e. The molecule has 0 spiro atoms. The van der Waals surface area contributed by atoms with Crippen molar-refractivity contribution in [3.8, 4) is 11.3 Å². The monoisotopic (exact) mass is 507 g/mol. The molecule has 2 aromatic heterocycles. The summed E-state index contributed by atoms with van der Waals surface area (Å²) >= 11 is 0. The first-order valence-corrected chi connectivity index (χ1v) is 12.3. The van der Waals surface area contributed by atoms with E-state index in [1.165, 1.54) is 12.1 Å². The summed E-state index contributed by atoms with van der Waals surface area (Å²) in [5.74, 6) is -0.0703. The molecule has 9 heteroatoms. The molecule has 0 bridgehead atoms. The first-order chi connectivity index (χ1) is 17.7. The van der Waals surface area contributed by atoms with Crippen LogP contribution in [0.3, 0.4) is 0 Å². The van der Waals surface area contributed by atoms with Crippen molar-refractivity contribution in [3.63, 3.8) is 0 Å². The van der Waals surface area contributed by atoms with Crippen LogP contribution in [0.4, 0.5) is 13.2 Å². The van der Waals surface area contributed by atoms with Gasteiger partial charge in [-0.25, -0.2) is 4.98 Å². The van der Waals surface area contributed by atoms with Crippen LogP contribution in [0, 0.1) is 6.92 Å². The molecule has 1 saturated heterocycles. The van der Waals surface area contributed by atoms with E-state index in [1.54, 1.807) is 6.07 Å². The lowest BCUT2D eigenvalue weighted by atomic mass is 10.0. The summed E-state index contributed by atoms with van der Waals surface area (Å²) in [6.07, 6.45) is -2.41. The van der Waals surface area contributed by atoms with Crippen molar-refractivity contribution in [1.29, 1.82) is 0 Å². The second-order valence-corrected chi connectivity index (χ2v) is 9.32. The molecule has 0 radical (unpaired) electrons. The summed E-state index contributed by atoms with van der Waals surface area (Å²) in [5.41, 5.74) is 3.77. The van der Waals surface area contributed by atoms with Crippen LogP contribution in [-0.2, 0) is 19.3 Å². The van der Waals surface area contributed by atoms with Crippen LogP contribution < -0.4 is 0 Å². The number of para-hydroxylation sites is 1. The molecule has 4 aromatic rings. The number of hydrogen-bond acceptors (Lipinski definition) is 4. The standard InChI is InChI=1S/C28H28F3N5O/c1-3-36-18-24(19(2)33-36)26-16-23(22-9-4-5-10-25(22)32-26)27(37)35-13-11-34(12-14-35)17-20-7-6-8-21(15-20)28(29,30)31/h4-10,15-16,18H,3,11-14,17H2,1-2H3. The first kappa shape index (κ1) is 25.0. The van der Waals surface area contributed by atoms with E-state index in [4.69, 9.17) is 4.98 Å². The van der Waals surface area contributed by atoms with Gasteiger partial charge in [0.2, 0.25) is 0 Å². The van der Waals surface area contributed by atoms with Crippen molar-refractivity contribution in [2.24, 2.45) is 0 Å². The number of piperazine rings is 1. The number of halogens is 3. The fourth-order valence-corrected chi connectivity index (χ4v) is 4.81. The van der Waals surface area contributed by atoms with E-state index in [0.29, 0.717) is 49.5 Å². The highest BCUT2D eigenvalue weighted by Gasteiger charge is 2.31. The highest BCUT2D eigenvalue weighted by molar-refractivity contribution is 6.07. The fraction of sp³-hybridized carbons (Fsp3) is 0.321. The third-order valence-corrected chi connectivity index (χ3v) is 6.81. The van der Waals surface area contributed by atoms with Gasteiger partial charge in [0.15, 0.2) is 0 Å². The minimum absolute atomic E-state index is 0.0703. The number of alkyl halides is 3. The Kier molecular flexibility index (Phi) is 6.72. The average molecular weight is 508 g/mol. The molecule has 37 heavy (non-hydrogen) atoms. The molecular formula is C28H28F3N5O. The van der Waals surface area contributed by atoms with Gasteiger partial charge < -0.3 is 4.90 Å². The number of aromatic nitrogens is 3. The second kappa shape index (κ2) is 9.97. The van der Waals surface area contributed by atoms with Gasteiger partial charge in [-0.15, -0.1) is 0 Å². The lowest BCUT2D eigenvalue weighted by molar-refractivity contribution is -0.137. The maximum absolute atomic E-state index is 13.7. The number of carbonyl (C=O) groups excluding carboxylic acids is 1. The zero-order chi connectivity index (χ0) is 26.2. The number of aryl methyl sites for hydroxylation is 2. The van der Waals surface area contributed by atoms with Gasteiger partial charge in [-0.2, -0.15) is 18.3 Å². The van der Waals surface area contributed by atoms with Gasteiger partial charge in [-0.3, -0.25) is 14.4 Å². The Balaban J connectivity index is 1.35. The molecule has 192 valence electrons. The maximum atomic E-state index is 13.7. The lowest BCUT2D eigenvalue weighted by Gasteiger charge is -2.35. The van der Waals surface area contributed by atoms with E-state index in [-0.39, 0.29) is 5.91 Å². The Bertz CT molecular complexity index is 1440. The smallest absolute Gasteiger partial charge is 0.336 e. The number of carbonyl (C=O) groups is 1. The summed E-state index contributed by atoms with van der Waals surface area (Å²) in [5, 5.41) is 5.32. The number of benzene rings is 2. The van der Waals surface area contributed by atoms with Gasteiger partial charge in [-0.05, 0) is 37.6 Å². The summed E-state index contributed by atoms with van der Waals surface area (Å²) in [6, 6.07) is 14.9. The molecule has 1 aliphatic heterocycles. The molecular weight excluding hydrogens is 479 g/mol. The van der Waals surface area contributed by atoms with Crippen molar-refractivity contribution in [2.45, 2.75) is 33.1 Å². The van der Waals surface area contributed by atoms with Gasteiger partial charge in [0, 0.05) is 56.4 Å². The summed E-state index contributed by atoms with van der Waals surface area (Å²) in [4.78, 5) is 22.4. The van der Waals surface area contributed by atoms with Crippen LogP contribution in [0.25, 0.3) is 22.2 Å². The summed E-state index contributed by atoms with van der Waals surface area (Å²) < 4.78 is 41.1. The van der Waals surface area contributed by atoms with Crippen LogP contribution in [-0.4, -0.2) is 56.7 Å². The van der Waals surface area contributed by atoms with Crippen molar-refractivity contribution in [2.75, 3.05) is 26.2 Å². The van der Waals surface area contributed by atoms with Gasteiger partial charge in [0.1, 0.15) is 0 Å². The zero-order valence-corrected chi connectivity index (χ0v) is 20.8. The van der Waals surface area contributed by atoms with Crippen LogP contribution >= 0.6 is 0 Å². The van der Waals surface area contributed by atoms with Crippen LogP contribution in [0.15, 0.2) is 60.8 Å². The SMILES string of the molecule is CCn1cc(-c2cc(C(=O)N3CCN(Cc4cccc(C(F)(F)F)c4)CC3)c3ccccc3n2)c(C)n1. The molecule has 1 aliphatic rings. The third kappa shape index (κ3) is 5.22. The second-order valence-electron chi connectivity index (χ2n) is 9.32. The Morgan fingerprint density at radius 2 is 1.76 bits per heavy atom. The molecule has 2 aromatic carbocycles. The van der Waals surface area contributed by atoms with Gasteiger partial charge in [0.05, 0.1) is 28.0 Å². The molecule has 0 unspecified atom stereocenters. The minimum Gasteiger partial charge on any atom is -0.336 e. The molecule has 6 nitrogen and oxygen atoms in total. The minimum atomic E-state index is -4.36. The van der Waals surface area contributed by atoms with Gasteiger partial charge in [-0.1, -0.05) is 36.4 Å². The normalized spacial score (nSPS) is 14.9. The summed E-state index contributed by atoms with van der Waals surface area (Å²) in [6.45, 7) is 7.27. The molecule has 3 heterocycles. The van der Waals surface area contributed by atoms with Crippen molar-refractivity contribution in [3.05, 3.63) is 83.2 Å². The van der Waals surface area contributed by atoms with Crippen LogP contribution in [0.2, 0.25) is 0 Å². The average Bonchev–Trinajstić information content (AvgIpc) is 3.28. The maximum Gasteiger partial charge on any atom is 0.416 e. The number of fused-ring (bicyclic) bond motifs is 1. The van der Waals surface area contributed by atoms with E-state index >= 15 is 0 Å². The van der Waals surface area contributed by atoms with Crippen LogP contribution in [0.1, 0.15) is 34.1 Å². The Hall–Kier alpha value is -3.72. The number of hydrogen-bond donors (Lipinski definition) is 0. The Morgan fingerprint density at radius 1 is 1.00 bits per heavy atom. The Morgan fingerprint density at radius 3 is 2.46 bits per heavy atom. The van der Waals surface area contributed by atoms with Crippen molar-refractivity contribution >= 4 is 16.8 Å². The molecule has 0 aliphatic carbocycles. The lowest BCUT2D eigenvalue weighted by Crippen LogP contribution is -2.48. The van der Waals surface area contributed by atoms with Gasteiger partial charge in [0.25, 0.3) is 5.91 Å². The fourth-order valence-electron chi connectivity index (χ4n) is 4.81. The first-order valence-electron chi connectivity index (χ1n) is 12.3. The number of amides is 1.